The fraction of sp³-hybridized carbons (Fsp3) is 0.0667. The lowest BCUT2D eigenvalue weighted by atomic mass is 10.1. The van der Waals surface area contributed by atoms with Crippen LogP contribution in [0.3, 0.4) is 0 Å². The van der Waals surface area contributed by atoms with Crippen LogP contribution in [0.25, 0.3) is 0 Å². The van der Waals surface area contributed by atoms with Crippen molar-refractivity contribution in [1.29, 1.82) is 0 Å². The molecule has 6 nitrogen and oxygen atoms in total. The van der Waals surface area contributed by atoms with Crippen molar-refractivity contribution in [2.75, 3.05) is 12.4 Å². The third kappa shape index (κ3) is 3.37. The number of rotatable bonds is 4. The van der Waals surface area contributed by atoms with Crippen LogP contribution in [0.1, 0.15) is 20.7 Å². The molecule has 3 N–H and O–H groups in total. The van der Waals surface area contributed by atoms with Crippen molar-refractivity contribution >= 4 is 33.5 Å². The van der Waals surface area contributed by atoms with Crippen LogP contribution in [0.15, 0.2) is 40.9 Å². The molecule has 0 atom stereocenters. The van der Waals surface area contributed by atoms with E-state index >= 15 is 0 Å². The molecule has 2 rings (SSSR count). The molecule has 2 aromatic carbocycles. The highest BCUT2D eigenvalue weighted by molar-refractivity contribution is 9.10. The highest BCUT2D eigenvalue weighted by Gasteiger charge is 2.17. The van der Waals surface area contributed by atoms with E-state index in [1.54, 1.807) is 18.2 Å². The average Bonchev–Trinajstić information content (AvgIpc) is 2.48. The molecule has 0 heterocycles. The molecule has 0 spiro atoms. The number of phenolic OH excluding ortho intramolecular Hbond substituents is 1. The number of methoxy groups -OCH3 is 1. The predicted molar refractivity (Wildman–Crippen MR) is 83.7 cm³/mol. The van der Waals surface area contributed by atoms with Crippen molar-refractivity contribution in [3.63, 3.8) is 0 Å². The van der Waals surface area contributed by atoms with E-state index in [4.69, 9.17) is 9.84 Å². The minimum absolute atomic E-state index is 0.0809. The SMILES string of the molecule is COc1ccc(Br)cc1C(=O)Nc1ccc(O)cc1C(=O)O. The first-order chi connectivity index (χ1) is 10.4. The zero-order valence-corrected chi connectivity index (χ0v) is 13.0. The highest BCUT2D eigenvalue weighted by atomic mass is 79.9. The molecule has 2 aromatic rings. The van der Waals surface area contributed by atoms with Gasteiger partial charge in [0, 0.05) is 4.47 Å². The molecule has 0 saturated heterocycles. The van der Waals surface area contributed by atoms with Crippen molar-refractivity contribution in [1.82, 2.24) is 0 Å². The summed E-state index contributed by atoms with van der Waals surface area (Å²) < 4.78 is 5.80. The Bertz CT molecular complexity index is 745. The summed E-state index contributed by atoms with van der Waals surface area (Å²) in [4.78, 5) is 23.5. The maximum atomic E-state index is 12.3. The number of ether oxygens (including phenoxy) is 1. The second-order valence-electron chi connectivity index (χ2n) is 4.33. The number of carbonyl (C=O) groups excluding carboxylic acids is 1. The van der Waals surface area contributed by atoms with Gasteiger partial charge in [-0.2, -0.15) is 0 Å². The van der Waals surface area contributed by atoms with Gasteiger partial charge in [0.2, 0.25) is 0 Å². The average molecular weight is 366 g/mol. The van der Waals surface area contributed by atoms with E-state index in [9.17, 15) is 14.7 Å². The number of amides is 1. The van der Waals surface area contributed by atoms with Gasteiger partial charge in [-0.3, -0.25) is 4.79 Å². The molecule has 0 bridgehead atoms. The number of carboxylic acid groups (broad SMARTS) is 1. The Hall–Kier alpha value is -2.54. The molecular weight excluding hydrogens is 354 g/mol. The van der Waals surface area contributed by atoms with E-state index in [1.165, 1.54) is 19.2 Å². The van der Waals surface area contributed by atoms with Gasteiger partial charge in [-0.25, -0.2) is 4.79 Å². The zero-order chi connectivity index (χ0) is 16.3. The minimum Gasteiger partial charge on any atom is -0.508 e. The van der Waals surface area contributed by atoms with Crippen molar-refractivity contribution in [3.05, 3.63) is 52.0 Å². The van der Waals surface area contributed by atoms with Crippen molar-refractivity contribution in [2.45, 2.75) is 0 Å². The molecule has 22 heavy (non-hydrogen) atoms. The first kappa shape index (κ1) is 15.8. The highest BCUT2D eigenvalue weighted by Crippen LogP contribution is 2.26. The lowest BCUT2D eigenvalue weighted by Gasteiger charge is -2.11. The number of halogens is 1. The Balaban J connectivity index is 2.38. The number of benzene rings is 2. The number of carboxylic acids is 1. The number of hydrogen-bond donors (Lipinski definition) is 3. The van der Waals surface area contributed by atoms with Crippen molar-refractivity contribution in [2.24, 2.45) is 0 Å². The van der Waals surface area contributed by atoms with Gasteiger partial charge in [0.25, 0.3) is 5.91 Å². The van der Waals surface area contributed by atoms with Crippen LogP contribution in [-0.4, -0.2) is 29.2 Å². The third-order valence-electron chi connectivity index (χ3n) is 2.89. The number of carbonyl (C=O) groups is 2. The Kier molecular flexibility index (Phi) is 4.67. The van der Waals surface area contributed by atoms with Crippen molar-refractivity contribution < 1.29 is 24.5 Å². The maximum Gasteiger partial charge on any atom is 0.337 e. The lowest BCUT2D eigenvalue weighted by Crippen LogP contribution is -2.15. The number of aromatic carboxylic acids is 1. The first-order valence-electron chi connectivity index (χ1n) is 6.13. The van der Waals surface area contributed by atoms with Crippen LogP contribution < -0.4 is 10.1 Å². The molecule has 0 unspecified atom stereocenters. The van der Waals surface area contributed by atoms with Gasteiger partial charge in [0.1, 0.15) is 11.5 Å². The summed E-state index contributed by atoms with van der Waals surface area (Å²) in [6, 6.07) is 8.58. The Morgan fingerprint density at radius 1 is 1.14 bits per heavy atom. The first-order valence-corrected chi connectivity index (χ1v) is 6.93. The number of anilines is 1. The summed E-state index contributed by atoms with van der Waals surface area (Å²) in [7, 11) is 1.43. The van der Waals surface area contributed by atoms with Gasteiger partial charge in [0.15, 0.2) is 0 Å². The fourth-order valence-corrected chi connectivity index (χ4v) is 2.23. The molecule has 0 aliphatic carbocycles. The standard InChI is InChI=1S/C15H12BrNO5/c1-22-13-5-2-8(16)6-11(13)14(19)17-12-4-3-9(18)7-10(12)15(20)21/h2-7,18H,1H3,(H,17,19)(H,20,21). The summed E-state index contributed by atoms with van der Waals surface area (Å²) in [5.41, 5.74) is 0.126. The monoisotopic (exact) mass is 365 g/mol. The second-order valence-corrected chi connectivity index (χ2v) is 5.25. The largest absolute Gasteiger partial charge is 0.508 e. The quantitative estimate of drug-likeness (QED) is 0.723. The van der Waals surface area contributed by atoms with Gasteiger partial charge in [-0.1, -0.05) is 15.9 Å². The number of phenols is 1. The van der Waals surface area contributed by atoms with Gasteiger partial charge in [0.05, 0.1) is 23.9 Å². The van der Waals surface area contributed by atoms with Crippen molar-refractivity contribution in [3.8, 4) is 11.5 Å². The van der Waals surface area contributed by atoms with Crippen LogP contribution >= 0.6 is 15.9 Å². The minimum atomic E-state index is -1.26. The molecule has 0 radical (unpaired) electrons. The van der Waals surface area contributed by atoms with Gasteiger partial charge >= 0.3 is 5.97 Å². The number of aromatic hydroxyl groups is 1. The van der Waals surface area contributed by atoms with Gasteiger partial charge in [-0.05, 0) is 36.4 Å². The molecule has 114 valence electrons. The molecule has 0 aliphatic rings. The molecule has 0 saturated carbocycles. The molecule has 7 heteroatoms. The van der Waals surface area contributed by atoms with E-state index in [-0.39, 0.29) is 22.6 Å². The second kappa shape index (κ2) is 6.48. The molecule has 0 fully saturated rings. The van der Waals surface area contributed by atoms with Gasteiger partial charge in [-0.15, -0.1) is 0 Å². The summed E-state index contributed by atoms with van der Waals surface area (Å²) in [6.07, 6.45) is 0. The Morgan fingerprint density at radius 2 is 1.86 bits per heavy atom. The van der Waals surface area contributed by atoms with Crippen LogP contribution in [0, 0.1) is 0 Å². The summed E-state index contributed by atoms with van der Waals surface area (Å²) in [6.45, 7) is 0. The summed E-state index contributed by atoms with van der Waals surface area (Å²) >= 11 is 3.26. The van der Waals surface area contributed by atoms with Crippen LogP contribution in [0.5, 0.6) is 11.5 Å². The summed E-state index contributed by atoms with van der Waals surface area (Å²) in [5.74, 6) is -1.62. The van der Waals surface area contributed by atoms with E-state index < -0.39 is 11.9 Å². The number of hydrogen-bond acceptors (Lipinski definition) is 4. The van der Waals surface area contributed by atoms with E-state index in [1.807, 2.05) is 0 Å². The molecule has 1 amide bonds. The van der Waals surface area contributed by atoms with Crippen LogP contribution in [0.2, 0.25) is 0 Å². The van der Waals surface area contributed by atoms with Crippen LogP contribution in [0.4, 0.5) is 5.69 Å². The Labute approximate surface area is 134 Å². The van der Waals surface area contributed by atoms with E-state index in [2.05, 4.69) is 21.2 Å². The maximum absolute atomic E-state index is 12.3. The smallest absolute Gasteiger partial charge is 0.337 e. The molecule has 0 aliphatic heterocycles. The molecular formula is C15H12BrNO5. The predicted octanol–water partition coefficient (Wildman–Crippen LogP) is 3.11. The normalized spacial score (nSPS) is 10.1. The Morgan fingerprint density at radius 3 is 2.50 bits per heavy atom. The topological polar surface area (TPSA) is 95.9 Å². The van der Waals surface area contributed by atoms with Crippen LogP contribution in [-0.2, 0) is 0 Å². The third-order valence-corrected chi connectivity index (χ3v) is 3.38. The number of nitrogens with one attached hydrogen (secondary N) is 1. The lowest BCUT2D eigenvalue weighted by molar-refractivity contribution is 0.0697. The molecule has 0 aromatic heterocycles. The fourth-order valence-electron chi connectivity index (χ4n) is 1.87. The van der Waals surface area contributed by atoms with E-state index in [0.717, 1.165) is 6.07 Å². The summed E-state index contributed by atoms with van der Waals surface area (Å²) in [5, 5.41) is 21.0. The zero-order valence-electron chi connectivity index (χ0n) is 11.5. The van der Waals surface area contributed by atoms with Gasteiger partial charge < -0.3 is 20.3 Å². The van der Waals surface area contributed by atoms with E-state index in [0.29, 0.717) is 10.2 Å².